The number of aliphatic hydroxyl groups is 2. The molecule has 2 heteroatoms. The van der Waals surface area contributed by atoms with Crippen LogP contribution in [0.5, 0.6) is 0 Å². The lowest BCUT2D eigenvalue weighted by atomic mass is 9.74. The van der Waals surface area contributed by atoms with E-state index in [4.69, 9.17) is 0 Å². The van der Waals surface area contributed by atoms with Crippen LogP contribution in [0.1, 0.15) is 93.9 Å². The topological polar surface area (TPSA) is 40.5 Å². The van der Waals surface area contributed by atoms with Gasteiger partial charge in [-0.15, -0.1) is 0 Å². The van der Waals surface area contributed by atoms with E-state index in [2.05, 4.69) is 55.4 Å². The largest absolute Gasteiger partial charge is 0.390 e. The molecule has 2 N–H and O–H groups in total. The first-order valence-electron chi connectivity index (χ1n) is 11.2. The van der Waals surface area contributed by atoms with E-state index >= 15 is 0 Å². The lowest BCUT2D eigenvalue weighted by Crippen LogP contribution is -2.37. The molecule has 0 unspecified atom stereocenters. The number of hydrogen-bond donors (Lipinski definition) is 2. The molecule has 0 amide bonds. The van der Waals surface area contributed by atoms with E-state index in [1.54, 1.807) is 0 Å². The summed E-state index contributed by atoms with van der Waals surface area (Å²) in [5.41, 5.74) is -0.148. The lowest BCUT2D eigenvalue weighted by molar-refractivity contribution is -0.0275. The summed E-state index contributed by atoms with van der Waals surface area (Å²) in [6, 6.07) is 0. The normalized spacial score (nSPS) is 53.8. The molecule has 0 aliphatic heterocycles. The summed E-state index contributed by atoms with van der Waals surface area (Å²) in [7, 11) is 0. The van der Waals surface area contributed by atoms with E-state index in [1.165, 1.54) is 38.5 Å². The Balaban J connectivity index is 0.000000151. The minimum absolute atomic E-state index is 0.338. The Morgan fingerprint density at radius 2 is 0.808 bits per heavy atom. The zero-order chi connectivity index (χ0) is 19.7. The smallest absolute Gasteiger partial charge is 0.0681 e. The van der Waals surface area contributed by atoms with E-state index in [9.17, 15) is 10.2 Å². The van der Waals surface area contributed by atoms with Gasteiger partial charge in [-0.1, -0.05) is 54.4 Å². The molecule has 0 aromatic heterocycles. The van der Waals surface area contributed by atoms with Crippen LogP contribution in [0.2, 0.25) is 0 Å². The summed E-state index contributed by atoms with van der Waals surface area (Å²) in [4.78, 5) is 0. The van der Waals surface area contributed by atoms with Crippen molar-refractivity contribution in [3.8, 4) is 0 Å². The Morgan fingerprint density at radius 1 is 0.538 bits per heavy atom. The van der Waals surface area contributed by atoms with Crippen molar-refractivity contribution in [1.29, 1.82) is 0 Å². The highest BCUT2D eigenvalue weighted by Gasteiger charge is 2.61. The molecule has 4 rings (SSSR count). The van der Waals surface area contributed by atoms with Crippen molar-refractivity contribution in [2.75, 3.05) is 0 Å². The lowest BCUT2D eigenvalue weighted by Gasteiger charge is -2.34. The highest BCUT2D eigenvalue weighted by atomic mass is 16.3. The Bertz CT molecular complexity index is 438. The highest BCUT2D eigenvalue weighted by molar-refractivity contribution is 5.10. The van der Waals surface area contributed by atoms with E-state index in [1.807, 2.05) is 0 Å². The molecular formula is C24H44O2. The maximum Gasteiger partial charge on any atom is 0.0681 e. The van der Waals surface area contributed by atoms with Crippen molar-refractivity contribution < 1.29 is 10.2 Å². The van der Waals surface area contributed by atoms with E-state index in [0.29, 0.717) is 34.5 Å². The standard InChI is InChI=1S/2C12H22O/c2*1-8-11(2,3)9-6-5-7-10(9)12(8,4)13/h2*8-10,13H,5-7H2,1-4H3/t2*8-,9+,10+,12+/m10/s1. The third-order valence-corrected chi connectivity index (χ3v) is 10.4. The van der Waals surface area contributed by atoms with Gasteiger partial charge in [-0.2, -0.15) is 0 Å². The Hall–Kier alpha value is -0.0800. The first kappa shape index (κ1) is 20.6. The number of fused-ring (bicyclic) bond motifs is 2. The van der Waals surface area contributed by atoms with Gasteiger partial charge < -0.3 is 10.2 Å². The van der Waals surface area contributed by atoms with Crippen LogP contribution in [0.3, 0.4) is 0 Å². The van der Waals surface area contributed by atoms with Gasteiger partial charge in [0.1, 0.15) is 0 Å². The van der Waals surface area contributed by atoms with Crippen molar-refractivity contribution in [3.05, 3.63) is 0 Å². The maximum atomic E-state index is 10.5. The molecule has 0 radical (unpaired) electrons. The van der Waals surface area contributed by atoms with Gasteiger partial charge in [-0.05, 0) is 85.9 Å². The van der Waals surface area contributed by atoms with Crippen LogP contribution >= 0.6 is 0 Å². The molecule has 0 aromatic carbocycles. The molecule has 152 valence electrons. The summed E-state index contributed by atoms with van der Waals surface area (Å²) in [6.07, 6.45) is 7.79. The van der Waals surface area contributed by atoms with Gasteiger partial charge in [-0.3, -0.25) is 0 Å². The van der Waals surface area contributed by atoms with Gasteiger partial charge in [0.05, 0.1) is 11.2 Å². The van der Waals surface area contributed by atoms with Gasteiger partial charge in [0.25, 0.3) is 0 Å². The van der Waals surface area contributed by atoms with E-state index < -0.39 is 11.2 Å². The van der Waals surface area contributed by atoms with Crippen LogP contribution in [-0.4, -0.2) is 21.4 Å². The average Bonchev–Trinajstić information content (AvgIpc) is 3.26. The van der Waals surface area contributed by atoms with Gasteiger partial charge in [0, 0.05) is 0 Å². The molecule has 26 heavy (non-hydrogen) atoms. The van der Waals surface area contributed by atoms with Crippen LogP contribution < -0.4 is 0 Å². The number of hydrogen-bond acceptors (Lipinski definition) is 2. The van der Waals surface area contributed by atoms with Crippen LogP contribution in [-0.2, 0) is 0 Å². The monoisotopic (exact) mass is 364 g/mol. The second kappa shape index (κ2) is 6.21. The third kappa shape index (κ3) is 2.72. The summed E-state index contributed by atoms with van der Waals surface area (Å²) in [6.45, 7) is 17.9. The predicted molar refractivity (Wildman–Crippen MR) is 109 cm³/mol. The molecule has 2 nitrogen and oxygen atoms in total. The molecule has 4 saturated carbocycles. The molecule has 0 aromatic rings. The van der Waals surface area contributed by atoms with Gasteiger partial charge in [-0.25, -0.2) is 0 Å². The van der Waals surface area contributed by atoms with Gasteiger partial charge >= 0.3 is 0 Å². The Kier molecular flexibility index (Phi) is 4.93. The summed E-state index contributed by atoms with van der Waals surface area (Å²) in [5, 5.41) is 20.9. The first-order chi connectivity index (χ1) is 11.8. The van der Waals surface area contributed by atoms with Gasteiger partial charge in [0.15, 0.2) is 0 Å². The second-order valence-electron chi connectivity index (χ2n) is 11.8. The molecule has 4 aliphatic rings. The first-order valence-corrected chi connectivity index (χ1v) is 11.2. The summed E-state index contributed by atoms with van der Waals surface area (Å²) in [5.74, 6) is 3.54. The quantitative estimate of drug-likeness (QED) is 0.582. The van der Waals surface area contributed by atoms with Crippen molar-refractivity contribution >= 4 is 0 Å². The average molecular weight is 365 g/mol. The summed E-state index contributed by atoms with van der Waals surface area (Å²) < 4.78 is 0. The molecule has 0 spiro atoms. The summed E-state index contributed by atoms with van der Waals surface area (Å²) >= 11 is 0. The Morgan fingerprint density at radius 3 is 1.08 bits per heavy atom. The van der Waals surface area contributed by atoms with Crippen molar-refractivity contribution in [2.45, 2.75) is 105 Å². The van der Waals surface area contributed by atoms with E-state index in [0.717, 1.165) is 11.8 Å². The zero-order valence-electron chi connectivity index (χ0n) is 18.6. The predicted octanol–water partition coefficient (Wildman–Crippen LogP) is 5.66. The molecule has 4 fully saturated rings. The maximum absolute atomic E-state index is 10.5. The third-order valence-electron chi connectivity index (χ3n) is 10.4. The minimum atomic E-state index is -0.412. The van der Waals surface area contributed by atoms with Crippen LogP contribution in [0, 0.1) is 46.3 Å². The molecule has 0 saturated heterocycles. The number of rotatable bonds is 0. The highest BCUT2D eigenvalue weighted by Crippen LogP contribution is 2.62. The fourth-order valence-electron chi connectivity index (χ4n) is 7.89. The molecule has 0 bridgehead atoms. The molecule has 8 atom stereocenters. The van der Waals surface area contributed by atoms with Crippen molar-refractivity contribution in [1.82, 2.24) is 0 Å². The second-order valence-corrected chi connectivity index (χ2v) is 11.8. The zero-order valence-corrected chi connectivity index (χ0v) is 18.6. The van der Waals surface area contributed by atoms with Crippen LogP contribution in [0.15, 0.2) is 0 Å². The fraction of sp³-hybridized carbons (Fsp3) is 1.00. The van der Waals surface area contributed by atoms with Crippen molar-refractivity contribution in [3.63, 3.8) is 0 Å². The van der Waals surface area contributed by atoms with Crippen molar-refractivity contribution in [2.24, 2.45) is 46.3 Å². The molecule has 0 heterocycles. The Labute approximate surface area is 162 Å². The fourth-order valence-corrected chi connectivity index (χ4v) is 7.89. The molecule has 4 aliphatic carbocycles. The molecular weight excluding hydrogens is 320 g/mol. The SMILES string of the molecule is C[C@@H]1C(C)(C)[C@H]2CCC[C@@H]2[C@@]1(C)O.C[C@H]1C(C)(C)[C@@H]2CCC[C@H]2[C@]1(C)O. The van der Waals surface area contributed by atoms with E-state index in [-0.39, 0.29) is 0 Å². The van der Waals surface area contributed by atoms with Crippen LogP contribution in [0.4, 0.5) is 0 Å². The minimum Gasteiger partial charge on any atom is -0.390 e. The van der Waals surface area contributed by atoms with Gasteiger partial charge in [0.2, 0.25) is 0 Å². The van der Waals surface area contributed by atoms with Crippen LogP contribution in [0.25, 0.3) is 0 Å².